The highest BCUT2D eigenvalue weighted by atomic mass is 16.2. The van der Waals surface area contributed by atoms with Crippen LogP contribution >= 0.6 is 0 Å². The van der Waals surface area contributed by atoms with Crippen molar-refractivity contribution < 1.29 is 4.79 Å². The number of aromatic nitrogens is 1. The van der Waals surface area contributed by atoms with Gasteiger partial charge in [-0.2, -0.15) is 0 Å². The molecule has 0 fully saturated rings. The standard InChI is InChI=1S/C15H25N3O/c1-3-18(15(19)10-5-4-6-11-16)12-14-9-7-8-13(2)17-14/h7-9H,3-6,10-12,16H2,1-2H3. The van der Waals surface area contributed by atoms with E-state index in [1.54, 1.807) is 0 Å². The van der Waals surface area contributed by atoms with Crippen LogP contribution in [0.2, 0.25) is 0 Å². The monoisotopic (exact) mass is 263 g/mol. The third kappa shape index (κ3) is 5.83. The molecule has 4 heteroatoms. The molecule has 1 aromatic rings. The van der Waals surface area contributed by atoms with Gasteiger partial charge >= 0.3 is 0 Å². The van der Waals surface area contributed by atoms with Crippen molar-refractivity contribution in [1.29, 1.82) is 0 Å². The summed E-state index contributed by atoms with van der Waals surface area (Å²) in [5, 5.41) is 0. The topological polar surface area (TPSA) is 59.2 Å². The van der Waals surface area contributed by atoms with Gasteiger partial charge in [0.1, 0.15) is 0 Å². The molecule has 1 amide bonds. The summed E-state index contributed by atoms with van der Waals surface area (Å²) in [7, 11) is 0. The number of pyridine rings is 1. The molecule has 0 aliphatic heterocycles. The lowest BCUT2D eigenvalue weighted by molar-refractivity contribution is -0.131. The maximum absolute atomic E-state index is 12.1. The number of nitrogens with zero attached hydrogens (tertiary/aromatic N) is 2. The largest absolute Gasteiger partial charge is 0.337 e. The Morgan fingerprint density at radius 3 is 2.74 bits per heavy atom. The molecular weight excluding hydrogens is 238 g/mol. The number of carbonyl (C=O) groups is 1. The van der Waals surface area contributed by atoms with E-state index in [9.17, 15) is 4.79 Å². The number of carbonyl (C=O) groups excluding carboxylic acids is 1. The van der Waals surface area contributed by atoms with Gasteiger partial charge in [0.2, 0.25) is 5.91 Å². The Balaban J connectivity index is 2.46. The molecule has 0 saturated carbocycles. The molecule has 0 spiro atoms. The van der Waals surface area contributed by atoms with E-state index in [2.05, 4.69) is 4.98 Å². The van der Waals surface area contributed by atoms with Gasteiger partial charge in [-0.15, -0.1) is 0 Å². The van der Waals surface area contributed by atoms with Crippen LogP contribution in [0.4, 0.5) is 0 Å². The van der Waals surface area contributed by atoms with E-state index in [-0.39, 0.29) is 5.91 Å². The molecule has 106 valence electrons. The van der Waals surface area contributed by atoms with Crippen molar-refractivity contribution in [2.45, 2.75) is 46.1 Å². The van der Waals surface area contributed by atoms with Gasteiger partial charge in [-0.25, -0.2) is 0 Å². The van der Waals surface area contributed by atoms with Crippen LogP contribution in [-0.2, 0) is 11.3 Å². The zero-order chi connectivity index (χ0) is 14.1. The zero-order valence-corrected chi connectivity index (χ0v) is 12.1. The lowest BCUT2D eigenvalue weighted by atomic mass is 10.1. The number of amides is 1. The average molecular weight is 263 g/mol. The highest BCUT2D eigenvalue weighted by molar-refractivity contribution is 5.76. The fraction of sp³-hybridized carbons (Fsp3) is 0.600. The van der Waals surface area contributed by atoms with Gasteiger partial charge in [0.15, 0.2) is 0 Å². The van der Waals surface area contributed by atoms with Gasteiger partial charge in [-0.3, -0.25) is 9.78 Å². The lowest BCUT2D eigenvalue weighted by Crippen LogP contribution is -2.30. The minimum absolute atomic E-state index is 0.211. The van der Waals surface area contributed by atoms with Gasteiger partial charge in [0.25, 0.3) is 0 Å². The molecule has 0 bridgehead atoms. The summed E-state index contributed by atoms with van der Waals surface area (Å²) in [5.74, 6) is 0.211. The van der Waals surface area contributed by atoms with Crippen molar-refractivity contribution in [2.75, 3.05) is 13.1 Å². The highest BCUT2D eigenvalue weighted by Crippen LogP contribution is 2.07. The Morgan fingerprint density at radius 1 is 1.32 bits per heavy atom. The Bertz CT molecular complexity index is 393. The minimum atomic E-state index is 0.211. The molecule has 0 unspecified atom stereocenters. The summed E-state index contributed by atoms with van der Waals surface area (Å²) in [6, 6.07) is 5.92. The normalized spacial score (nSPS) is 10.5. The Hall–Kier alpha value is -1.42. The maximum atomic E-state index is 12.1. The van der Waals surface area contributed by atoms with E-state index in [1.807, 2.05) is 36.9 Å². The van der Waals surface area contributed by atoms with Crippen LogP contribution in [0.1, 0.15) is 44.0 Å². The number of aryl methyl sites for hydroxylation is 1. The number of hydrogen-bond acceptors (Lipinski definition) is 3. The molecule has 0 atom stereocenters. The molecule has 19 heavy (non-hydrogen) atoms. The SMILES string of the molecule is CCN(Cc1cccc(C)n1)C(=O)CCCCCN. The van der Waals surface area contributed by atoms with Gasteiger partial charge in [-0.1, -0.05) is 12.5 Å². The van der Waals surface area contributed by atoms with Crippen molar-refractivity contribution in [3.05, 3.63) is 29.6 Å². The first-order chi connectivity index (χ1) is 9.17. The summed E-state index contributed by atoms with van der Waals surface area (Å²) in [6.07, 6.45) is 3.56. The molecule has 1 aromatic heterocycles. The molecule has 0 saturated heterocycles. The first kappa shape index (κ1) is 15.6. The van der Waals surface area contributed by atoms with Gasteiger partial charge in [0.05, 0.1) is 12.2 Å². The molecule has 1 rings (SSSR count). The van der Waals surface area contributed by atoms with Gasteiger partial charge < -0.3 is 10.6 Å². The molecule has 4 nitrogen and oxygen atoms in total. The Labute approximate surface area is 116 Å². The average Bonchev–Trinajstić information content (AvgIpc) is 2.41. The molecule has 0 aliphatic carbocycles. The second-order valence-corrected chi connectivity index (χ2v) is 4.78. The smallest absolute Gasteiger partial charge is 0.222 e. The molecule has 0 radical (unpaired) electrons. The second kappa shape index (κ2) is 8.64. The highest BCUT2D eigenvalue weighted by Gasteiger charge is 2.12. The number of rotatable bonds is 8. The van der Waals surface area contributed by atoms with E-state index in [4.69, 9.17) is 5.73 Å². The fourth-order valence-electron chi connectivity index (χ4n) is 2.01. The van der Waals surface area contributed by atoms with Crippen molar-refractivity contribution in [3.63, 3.8) is 0 Å². The third-order valence-electron chi connectivity index (χ3n) is 3.13. The van der Waals surface area contributed by atoms with E-state index in [1.165, 1.54) is 0 Å². The summed E-state index contributed by atoms with van der Waals surface area (Å²) in [6.45, 7) is 6.01. The van der Waals surface area contributed by atoms with Crippen LogP contribution in [0.5, 0.6) is 0 Å². The Kier molecular flexibility index (Phi) is 7.11. The first-order valence-electron chi connectivity index (χ1n) is 7.07. The molecule has 0 aliphatic rings. The van der Waals surface area contributed by atoms with Crippen LogP contribution < -0.4 is 5.73 Å². The van der Waals surface area contributed by atoms with Crippen LogP contribution in [0.3, 0.4) is 0 Å². The first-order valence-corrected chi connectivity index (χ1v) is 7.07. The van der Waals surface area contributed by atoms with E-state index >= 15 is 0 Å². The van der Waals surface area contributed by atoms with Crippen LogP contribution in [0, 0.1) is 6.92 Å². The minimum Gasteiger partial charge on any atom is -0.337 e. The molecule has 2 N–H and O–H groups in total. The van der Waals surface area contributed by atoms with Crippen molar-refractivity contribution in [2.24, 2.45) is 5.73 Å². The predicted molar refractivity (Wildman–Crippen MR) is 77.6 cm³/mol. The predicted octanol–water partition coefficient (Wildman–Crippen LogP) is 2.26. The van der Waals surface area contributed by atoms with Gasteiger partial charge in [0, 0.05) is 18.7 Å². The lowest BCUT2D eigenvalue weighted by Gasteiger charge is -2.20. The number of unbranched alkanes of at least 4 members (excludes halogenated alkanes) is 2. The maximum Gasteiger partial charge on any atom is 0.222 e. The van der Waals surface area contributed by atoms with Crippen LogP contribution in [-0.4, -0.2) is 28.9 Å². The van der Waals surface area contributed by atoms with Crippen molar-refractivity contribution >= 4 is 5.91 Å². The molecule has 1 heterocycles. The summed E-state index contributed by atoms with van der Waals surface area (Å²) in [5.41, 5.74) is 7.39. The molecular formula is C15H25N3O. The van der Waals surface area contributed by atoms with Crippen LogP contribution in [0.15, 0.2) is 18.2 Å². The summed E-state index contributed by atoms with van der Waals surface area (Å²) >= 11 is 0. The molecule has 0 aromatic carbocycles. The van der Waals surface area contributed by atoms with Crippen molar-refractivity contribution in [1.82, 2.24) is 9.88 Å². The van der Waals surface area contributed by atoms with E-state index in [0.29, 0.717) is 19.5 Å². The van der Waals surface area contributed by atoms with Crippen molar-refractivity contribution in [3.8, 4) is 0 Å². The number of hydrogen-bond donors (Lipinski definition) is 1. The van der Waals surface area contributed by atoms with E-state index < -0.39 is 0 Å². The second-order valence-electron chi connectivity index (χ2n) is 4.78. The quantitative estimate of drug-likeness (QED) is 0.732. The third-order valence-corrected chi connectivity index (χ3v) is 3.13. The van der Waals surface area contributed by atoms with Crippen LogP contribution in [0.25, 0.3) is 0 Å². The van der Waals surface area contributed by atoms with Gasteiger partial charge in [-0.05, 0) is 45.4 Å². The zero-order valence-electron chi connectivity index (χ0n) is 12.1. The van der Waals surface area contributed by atoms with E-state index in [0.717, 1.165) is 37.2 Å². The fourth-order valence-corrected chi connectivity index (χ4v) is 2.01. The number of nitrogens with two attached hydrogens (primary N) is 1. The summed E-state index contributed by atoms with van der Waals surface area (Å²) < 4.78 is 0. The summed E-state index contributed by atoms with van der Waals surface area (Å²) in [4.78, 5) is 18.4. The Morgan fingerprint density at radius 2 is 2.11 bits per heavy atom.